The van der Waals surface area contributed by atoms with Gasteiger partial charge in [0.1, 0.15) is 5.75 Å². The minimum Gasteiger partial charge on any atom is -0.742 e. The summed E-state index contributed by atoms with van der Waals surface area (Å²) in [7, 11) is 0. The molecule has 0 aliphatic heterocycles. The second-order valence-corrected chi connectivity index (χ2v) is 7.98. The summed E-state index contributed by atoms with van der Waals surface area (Å²) in [5.41, 5.74) is 1.81. The Balaban J connectivity index is 0.00000484. The molecule has 0 aromatic heterocycles. The van der Waals surface area contributed by atoms with Crippen molar-refractivity contribution in [3.63, 3.8) is 0 Å². The predicted octanol–water partition coefficient (Wildman–Crippen LogP) is 1.00. The van der Waals surface area contributed by atoms with Crippen LogP contribution in [0, 0.1) is 19.3 Å². The van der Waals surface area contributed by atoms with Gasteiger partial charge in [-0.2, -0.15) is 0 Å². The van der Waals surface area contributed by atoms with Gasteiger partial charge in [-0.15, -0.1) is 0 Å². The Hall–Kier alpha value is -0.420. The molecule has 0 aliphatic carbocycles. The van der Waals surface area contributed by atoms with Gasteiger partial charge >= 0.3 is 35.5 Å². The molecule has 0 saturated carbocycles. The first-order valence-corrected chi connectivity index (χ1v) is 7.79. The standard InChI is InChI=1S/C18H26O3S.Na/c1-11-8-12(2)15(18(6,7)10-14(19)22)13(9-11)21-16(20)17(3,4)5;/h8-9H,10H2,1-7H3,(H,19,22);/q;+1/p-1. The average Bonchev–Trinajstić information content (AvgIpc) is 2.23. The van der Waals surface area contributed by atoms with Crippen LogP contribution in [0.1, 0.15) is 57.7 Å². The summed E-state index contributed by atoms with van der Waals surface area (Å²) >= 11 is 4.74. The number of benzene rings is 1. The maximum Gasteiger partial charge on any atom is 1.00 e. The van der Waals surface area contributed by atoms with Crippen LogP contribution < -0.4 is 34.3 Å². The van der Waals surface area contributed by atoms with Crippen molar-refractivity contribution in [1.29, 1.82) is 0 Å². The minimum atomic E-state index is -0.590. The molecule has 0 aliphatic rings. The number of ether oxygens (including phenoxy) is 1. The van der Waals surface area contributed by atoms with Crippen LogP contribution in [0.5, 0.6) is 5.75 Å². The first-order valence-electron chi connectivity index (χ1n) is 7.38. The molecular formula is C18H25NaO3S. The third-order valence-electron chi connectivity index (χ3n) is 3.52. The second kappa shape index (κ2) is 8.11. The van der Waals surface area contributed by atoms with Gasteiger partial charge in [-0.25, -0.2) is 0 Å². The summed E-state index contributed by atoms with van der Waals surface area (Å²) in [5.74, 6) is 0.234. The summed E-state index contributed by atoms with van der Waals surface area (Å²) in [4.78, 5) is 23.7. The van der Waals surface area contributed by atoms with Crippen LogP contribution in [0.4, 0.5) is 0 Å². The maximum absolute atomic E-state index is 12.2. The van der Waals surface area contributed by atoms with Gasteiger partial charge in [0, 0.05) is 10.7 Å². The fourth-order valence-electron chi connectivity index (χ4n) is 2.58. The predicted molar refractivity (Wildman–Crippen MR) is 91.0 cm³/mol. The van der Waals surface area contributed by atoms with Gasteiger partial charge in [0.15, 0.2) is 0 Å². The zero-order chi connectivity index (χ0) is 17.3. The van der Waals surface area contributed by atoms with E-state index in [1.165, 1.54) is 0 Å². The summed E-state index contributed by atoms with van der Waals surface area (Å²) in [6, 6.07) is 3.88. The number of rotatable bonds is 4. The minimum absolute atomic E-state index is 0. The van der Waals surface area contributed by atoms with E-state index in [1.807, 2.05) is 60.6 Å². The Labute approximate surface area is 167 Å². The third-order valence-corrected chi connectivity index (χ3v) is 3.67. The molecule has 1 aromatic carbocycles. The van der Waals surface area contributed by atoms with Crippen LogP contribution >= 0.6 is 0 Å². The molecule has 0 bridgehead atoms. The van der Waals surface area contributed by atoms with E-state index in [-0.39, 0.29) is 47.1 Å². The monoisotopic (exact) mass is 344 g/mol. The van der Waals surface area contributed by atoms with E-state index < -0.39 is 10.8 Å². The van der Waals surface area contributed by atoms with Gasteiger partial charge in [0.05, 0.1) is 5.41 Å². The van der Waals surface area contributed by atoms with Crippen molar-refractivity contribution in [3.05, 3.63) is 28.8 Å². The number of hydrogen-bond donors (Lipinski definition) is 0. The quantitative estimate of drug-likeness (QED) is 0.354. The zero-order valence-electron chi connectivity index (χ0n) is 15.5. The van der Waals surface area contributed by atoms with Gasteiger partial charge < -0.3 is 22.2 Å². The fraction of sp³-hybridized carbons (Fsp3) is 0.556. The Kier molecular flexibility index (Phi) is 7.96. The van der Waals surface area contributed by atoms with E-state index in [1.54, 1.807) is 0 Å². The molecule has 0 heterocycles. The van der Waals surface area contributed by atoms with E-state index in [4.69, 9.17) is 17.4 Å². The number of aryl methyl sites for hydroxylation is 2. The normalized spacial score (nSPS) is 11.6. The van der Waals surface area contributed by atoms with Crippen LogP contribution in [0.2, 0.25) is 0 Å². The van der Waals surface area contributed by atoms with Gasteiger partial charge in [-0.1, -0.05) is 19.9 Å². The van der Waals surface area contributed by atoms with Gasteiger partial charge in [0.25, 0.3) is 0 Å². The number of esters is 1. The van der Waals surface area contributed by atoms with Crippen molar-refractivity contribution in [3.8, 4) is 5.75 Å². The number of hydrogen-bond acceptors (Lipinski definition) is 4. The van der Waals surface area contributed by atoms with Gasteiger partial charge in [-0.05, 0) is 63.6 Å². The van der Waals surface area contributed by atoms with Gasteiger partial charge in [0.2, 0.25) is 0 Å². The Morgan fingerprint density at radius 2 is 1.61 bits per heavy atom. The Bertz CT molecular complexity index is 601. The van der Waals surface area contributed by atoms with Gasteiger partial charge in [-0.3, -0.25) is 4.79 Å². The summed E-state index contributed by atoms with van der Waals surface area (Å²) in [5, 5.41) is -0.293. The van der Waals surface area contributed by atoms with E-state index in [0.717, 1.165) is 16.7 Å². The van der Waals surface area contributed by atoms with Crippen LogP contribution in [-0.2, 0) is 27.6 Å². The topological polar surface area (TPSA) is 43.4 Å². The van der Waals surface area contributed by atoms with Crippen LogP contribution in [-0.4, -0.2) is 11.1 Å². The molecule has 1 rings (SSSR count). The number of carbonyl (C=O) groups is 2. The molecule has 0 radical (unpaired) electrons. The first-order chi connectivity index (χ1) is 9.84. The first kappa shape index (κ1) is 22.6. The smallest absolute Gasteiger partial charge is 0.742 e. The molecule has 0 unspecified atom stereocenters. The molecule has 23 heavy (non-hydrogen) atoms. The molecule has 0 atom stereocenters. The van der Waals surface area contributed by atoms with Crippen LogP contribution in [0.15, 0.2) is 12.1 Å². The third kappa shape index (κ3) is 6.18. The molecule has 0 saturated heterocycles. The average molecular weight is 344 g/mol. The SMILES string of the molecule is Cc1cc(C)c(C(C)(C)CC(=O)[S-])c(OC(=O)C(C)(C)C)c1.[Na+]. The molecule has 1 aromatic rings. The van der Waals surface area contributed by atoms with E-state index >= 15 is 0 Å². The molecule has 0 spiro atoms. The molecule has 0 fully saturated rings. The van der Waals surface area contributed by atoms with Crippen molar-refractivity contribution in [2.75, 3.05) is 0 Å². The van der Waals surface area contributed by atoms with Crippen molar-refractivity contribution in [2.45, 2.75) is 60.3 Å². The van der Waals surface area contributed by atoms with Crippen LogP contribution in [0.25, 0.3) is 0 Å². The van der Waals surface area contributed by atoms with E-state index in [2.05, 4.69) is 0 Å². The molecule has 0 N–H and O–H groups in total. The number of carbonyl (C=O) groups excluding carboxylic acids is 2. The van der Waals surface area contributed by atoms with Crippen molar-refractivity contribution < 1.29 is 43.9 Å². The molecule has 0 amide bonds. The van der Waals surface area contributed by atoms with Crippen molar-refractivity contribution in [2.24, 2.45) is 5.41 Å². The Morgan fingerprint density at radius 3 is 2.04 bits per heavy atom. The van der Waals surface area contributed by atoms with Crippen LogP contribution in [0.3, 0.4) is 0 Å². The second-order valence-electron chi connectivity index (χ2n) is 7.53. The summed E-state index contributed by atoms with van der Waals surface area (Å²) in [6.45, 7) is 13.3. The summed E-state index contributed by atoms with van der Waals surface area (Å²) in [6.07, 6.45) is 0.228. The largest absolute Gasteiger partial charge is 1.00 e. The zero-order valence-corrected chi connectivity index (χ0v) is 18.3. The molecule has 122 valence electrons. The molecule has 3 nitrogen and oxygen atoms in total. The Morgan fingerprint density at radius 1 is 1.09 bits per heavy atom. The maximum atomic E-state index is 12.2. The van der Waals surface area contributed by atoms with E-state index in [0.29, 0.717) is 5.75 Å². The molecule has 5 heteroatoms. The van der Waals surface area contributed by atoms with Crippen molar-refractivity contribution >= 4 is 23.7 Å². The van der Waals surface area contributed by atoms with E-state index in [9.17, 15) is 9.59 Å². The summed E-state index contributed by atoms with van der Waals surface area (Å²) < 4.78 is 5.66. The van der Waals surface area contributed by atoms with Crippen molar-refractivity contribution in [1.82, 2.24) is 0 Å². The fourth-order valence-corrected chi connectivity index (χ4v) is 2.94. The molecular weight excluding hydrogens is 319 g/mol.